The number of nitrogens with zero attached hydrogens (tertiary/aromatic N) is 1. The second kappa shape index (κ2) is 9.94. The summed E-state index contributed by atoms with van der Waals surface area (Å²) in [6.07, 6.45) is -4.66. The largest absolute Gasteiger partial charge is 0.491 e. The van der Waals surface area contributed by atoms with Crippen molar-refractivity contribution in [3.8, 4) is 5.75 Å². The van der Waals surface area contributed by atoms with E-state index in [0.29, 0.717) is 17.4 Å². The van der Waals surface area contributed by atoms with Crippen LogP contribution in [0.2, 0.25) is 5.02 Å². The van der Waals surface area contributed by atoms with Crippen LogP contribution in [0.15, 0.2) is 65.6 Å². The Hall–Kier alpha value is -3.77. The van der Waals surface area contributed by atoms with Gasteiger partial charge in [-0.25, -0.2) is 13.2 Å². The van der Waals surface area contributed by atoms with Crippen molar-refractivity contribution < 1.29 is 41.0 Å². The molecule has 0 bridgehead atoms. The maximum Gasteiger partial charge on any atom is 0.416 e. The van der Waals surface area contributed by atoms with Gasteiger partial charge in [0.2, 0.25) is 0 Å². The van der Waals surface area contributed by atoms with Crippen LogP contribution in [-0.2, 0) is 22.7 Å². The first-order valence-corrected chi connectivity index (χ1v) is 12.5. The highest BCUT2D eigenvalue weighted by Gasteiger charge is 2.31. The summed E-state index contributed by atoms with van der Waals surface area (Å²) in [5.74, 6) is -1.44. The Balaban J connectivity index is 1.60. The average Bonchev–Trinajstić information content (AvgIpc) is 3.05. The van der Waals surface area contributed by atoms with Gasteiger partial charge in [0.15, 0.2) is 0 Å². The molecule has 1 aliphatic rings. The fourth-order valence-electron chi connectivity index (χ4n) is 3.66. The highest BCUT2D eigenvalue weighted by molar-refractivity contribution is 7.92. The molecule has 37 heavy (non-hydrogen) atoms. The lowest BCUT2D eigenvalue weighted by Crippen LogP contribution is -2.32. The first-order chi connectivity index (χ1) is 17.3. The zero-order valence-electron chi connectivity index (χ0n) is 18.8. The van der Waals surface area contributed by atoms with E-state index in [2.05, 4.69) is 4.72 Å². The summed E-state index contributed by atoms with van der Waals surface area (Å²) in [7, 11) is -4.37. The Bertz CT molecular complexity index is 1490. The third-order valence-corrected chi connectivity index (χ3v) is 7.21. The predicted octanol–water partition coefficient (Wildman–Crippen LogP) is 4.89. The number of hydrogen-bond donors (Lipinski definition) is 2. The minimum atomic E-state index is -4.66. The van der Waals surface area contributed by atoms with Crippen LogP contribution in [0.4, 0.5) is 18.9 Å². The molecule has 0 spiro atoms. The number of carboxylic acids is 1. The summed E-state index contributed by atoms with van der Waals surface area (Å²) in [5.41, 5.74) is -0.910. The van der Waals surface area contributed by atoms with E-state index in [1.165, 1.54) is 35.2 Å². The zero-order chi connectivity index (χ0) is 27.0. The summed E-state index contributed by atoms with van der Waals surface area (Å²) in [4.78, 5) is 25.5. The Morgan fingerprint density at radius 1 is 1.05 bits per heavy atom. The number of carbonyl (C=O) groups is 2. The number of halogens is 4. The minimum absolute atomic E-state index is 0.0211. The number of hydrogen-bond acceptors (Lipinski definition) is 5. The van der Waals surface area contributed by atoms with Crippen molar-refractivity contribution >= 4 is 39.2 Å². The normalized spacial score (nSPS) is 13.8. The third-order valence-electron chi connectivity index (χ3n) is 5.50. The van der Waals surface area contributed by atoms with E-state index in [1.54, 1.807) is 0 Å². The number of rotatable bonds is 5. The smallest absolute Gasteiger partial charge is 0.416 e. The topological polar surface area (TPSA) is 113 Å². The van der Waals surface area contributed by atoms with E-state index in [-0.39, 0.29) is 46.4 Å². The lowest BCUT2D eigenvalue weighted by Gasteiger charge is -2.21. The van der Waals surface area contributed by atoms with E-state index in [1.807, 2.05) is 0 Å². The molecule has 194 valence electrons. The van der Waals surface area contributed by atoms with Crippen molar-refractivity contribution in [1.82, 2.24) is 4.90 Å². The van der Waals surface area contributed by atoms with Crippen LogP contribution in [-0.4, -0.2) is 43.5 Å². The zero-order valence-corrected chi connectivity index (χ0v) is 20.3. The number of carbonyl (C=O) groups excluding carboxylic acids is 1. The molecule has 8 nitrogen and oxygen atoms in total. The lowest BCUT2D eigenvalue weighted by atomic mass is 10.1. The van der Waals surface area contributed by atoms with Gasteiger partial charge < -0.3 is 14.7 Å². The van der Waals surface area contributed by atoms with Crippen molar-refractivity contribution in [1.29, 1.82) is 0 Å². The van der Waals surface area contributed by atoms with Crippen LogP contribution in [0, 0.1) is 0 Å². The molecule has 0 unspecified atom stereocenters. The molecule has 1 amide bonds. The molecule has 13 heteroatoms. The maximum atomic E-state index is 13.3. The number of aromatic carboxylic acids is 1. The van der Waals surface area contributed by atoms with Gasteiger partial charge in [-0.05, 0) is 48.5 Å². The van der Waals surface area contributed by atoms with Gasteiger partial charge in [0.1, 0.15) is 12.4 Å². The second-order valence-electron chi connectivity index (χ2n) is 8.03. The standard InChI is InChI=1S/C24H18ClF3N2O6S/c25-20-7-6-18(37(34,35)29-17-3-1-2-16(11-17)24(26,27)28)12-19(20)22(31)30-8-9-36-21-10-14(23(32)33)4-5-15(21)13-30/h1-7,10-12,29H,8-9,13H2,(H,32,33). The molecule has 0 radical (unpaired) electrons. The summed E-state index contributed by atoms with van der Waals surface area (Å²) < 4.78 is 72.5. The number of ether oxygens (including phenoxy) is 1. The first-order valence-electron chi connectivity index (χ1n) is 10.6. The fraction of sp³-hybridized carbons (Fsp3) is 0.167. The Labute approximate surface area is 214 Å². The number of nitrogens with one attached hydrogen (secondary N) is 1. The van der Waals surface area contributed by atoms with Gasteiger partial charge in [-0.15, -0.1) is 0 Å². The monoisotopic (exact) mass is 554 g/mol. The molecule has 0 aromatic heterocycles. The first kappa shape index (κ1) is 26.3. The number of benzene rings is 3. The Kier molecular flexibility index (Phi) is 7.07. The lowest BCUT2D eigenvalue weighted by molar-refractivity contribution is -0.137. The highest BCUT2D eigenvalue weighted by Crippen LogP contribution is 2.32. The van der Waals surface area contributed by atoms with E-state index in [9.17, 15) is 36.3 Å². The number of anilines is 1. The van der Waals surface area contributed by atoms with Crippen molar-refractivity contribution in [2.45, 2.75) is 17.6 Å². The van der Waals surface area contributed by atoms with Gasteiger partial charge >= 0.3 is 12.1 Å². The SMILES string of the molecule is O=C(O)c1ccc2c(c1)OCCN(C(=O)c1cc(S(=O)(=O)Nc3cccc(C(F)(F)F)c3)ccc1Cl)C2. The molecule has 0 fully saturated rings. The van der Waals surface area contributed by atoms with Crippen LogP contribution in [0.3, 0.4) is 0 Å². The molecule has 4 rings (SSSR count). The van der Waals surface area contributed by atoms with E-state index in [4.69, 9.17) is 16.3 Å². The highest BCUT2D eigenvalue weighted by atomic mass is 35.5. The van der Waals surface area contributed by atoms with E-state index in [0.717, 1.165) is 24.3 Å². The number of carboxylic acid groups (broad SMARTS) is 1. The van der Waals surface area contributed by atoms with Crippen LogP contribution in [0.1, 0.15) is 31.8 Å². The van der Waals surface area contributed by atoms with Crippen LogP contribution in [0.25, 0.3) is 0 Å². The van der Waals surface area contributed by atoms with Gasteiger partial charge in [0, 0.05) is 17.8 Å². The van der Waals surface area contributed by atoms with E-state index >= 15 is 0 Å². The molecule has 3 aromatic carbocycles. The molecule has 1 aliphatic heterocycles. The van der Waals surface area contributed by atoms with Gasteiger partial charge in [-0.3, -0.25) is 9.52 Å². The molecule has 2 N–H and O–H groups in total. The maximum absolute atomic E-state index is 13.3. The minimum Gasteiger partial charge on any atom is -0.491 e. The fourth-order valence-corrected chi connectivity index (χ4v) is 4.93. The second-order valence-corrected chi connectivity index (χ2v) is 10.1. The molecule has 0 atom stereocenters. The molecule has 0 saturated carbocycles. The molecule has 1 heterocycles. The third kappa shape index (κ3) is 5.81. The van der Waals surface area contributed by atoms with Gasteiger partial charge in [-0.2, -0.15) is 13.2 Å². The molecular formula is C24H18ClF3N2O6S. The van der Waals surface area contributed by atoms with Crippen molar-refractivity contribution in [2.75, 3.05) is 17.9 Å². The summed E-state index contributed by atoms with van der Waals surface area (Å²) in [6.45, 7) is 0.199. The van der Waals surface area contributed by atoms with Crippen molar-refractivity contribution in [3.05, 3.63) is 87.9 Å². The molecule has 0 saturated heterocycles. The number of amides is 1. The average molecular weight is 555 g/mol. The number of sulfonamides is 1. The van der Waals surface area contributed by atoms with Gasteiger partial charge in [0.05, 0.1) is 33.2 Å². The van der Waals surface area contributed by atoms with Crippen molar-refractivity contribution in [3.63, 3.8) is 0 Å². The van der Waals surface area contributed by atoms with Crippen LogP contribution >= 0.6 is 11.6 Å². The van der Waals surface area contributed by atoms with E-state index < -0.39 is 33.6 Å². The molecule has 0 aliphatic carbocycles. The van der Waals surface area contributed by atoms with Gasteiger partial charge in [0.25, 0.3) is 15.9 Å². The Morgan fingerprint density at radius 3 is 2.51 bits per heavy atom. The van der Waals surface area contributed by atoms with Gasteiger partial charge in [-0.1, -0.05) is 23.7 Å². The van der Waals surface area contributed by atoms with Crippen LogP contribution < -0.4 is 9.46 Å². The number of fused-ring (bicyclic) bond motifs is 1. The Morgan fingerprint density at radius 2 is 1.81 bits per heavy atom. The molecular weight excluding hydrogens is 537 g/mol. The molecule has 3 aromatic rings. The van der Waals surface area contributed by atoms with Crippen LogP contribution in [0.5, 0.6) is 5.75 Å². The summed E-state index contributed by atoms with van der Waals surface area (Å²) in [5, 5.41) is 9.14. The summed E-state index contributed by atoms with van der Waals surface area (Å²) >= 11 is 6.20. The quantitative estimate of drug-likeness (QED) is 0.464. The predicted molar refractivity (Wildman–Crippen MR) is 127 cm³/mol. The van der Waals surface area contributed by atoms with Crippen molar-refractivity contribution in [2.24, 2.45) is 0 Å². The summed E-state index contributed by atoms with van der Waals surface area (Å²) in [6, 6.07) is 11.3. The number of alkyl halides is 3.